The Kier molecular flexibility index (Phi) is 10.4. The number of rotatable bonds is 12. The molecule has 3 aromatic rings. The number of aliphatic hydroxyl groups excluding tert-OH is 5. The molecule has 0 spiro atoms. The van der Waals surface area contributed by atoms with E-state index >= 15 is 0 Å². The summed E-state index contributed by atoms with van der Waals surface area (Å²) in [6, 6.07) is 19.4. The quantitative estimate of drug-likeness (QED) is 0.213. The molecule has 8 nitrogen and oxygen atoms in total. The van der Waals surface area contributed by atoms with Crippen LogP contribution in [-0.2, 0) is 11.1 Å². The van der Waals surface area contributed by atoms with Crippen LogP contribution in [0.15, 0.2) is 66.7 Å². The van der Waals surface area contributed by atoms with Gasteiger partial charge in [0, 0.05) is 29.3 Å². The molecule has 4 atom stereocenters. The molecule has 0 heterocycles. The standard InChI is InChI=1S/C30H38NO7P/c1-19-15-20(2)27(21(3)24(19)16-31(4)17-25(33)28(35)29(36)26(34)18-32)30(37)39(38,22-11-7-5-8-12-22)23-13-9-6-10-14-23/h5-15,25-26,28-29,32-36H,16-18H2,1-4H3. The zero-order valence-electron chi connectivity index (χ0n) is 22.7. The summed E-state index contributed by atoms with van der Waals surface area (Å²) in [7, 11) is -2.00. The van der Waals surface area contributed by atoms with Crippen molar-refractivity contribution in [1.29, 1.82) is 0 Å². The third kappa shape index (κ3) is 6.56. The van der Waals surface area contributed by atoms with Crippen molar-refractivity contribution in [3.63, 3.8) is 0 Å². The number of carbonyl (C=O) groups excluding carboxylic acids is 1. The summed E-state index contributed by atoms with van der Waals surface area (Å²) in [4.78, 5) is 16.0. The highest BCUT2D eigenvalue weighted by Gasteiger charge is 2.38. The number of hydrogen-bond donors (Lipinski definition) is 5. The molecule has 0 amide bonds. The first kappa shape index (κ1) is 30.9. The largest absolute Gasteiger partial charge is 0.394 e. The van der Waals surface area contributed by atoms with Crippen LogP contribution in [0.4, 0.5) is 0 Å². The fraction of sp³-hybridized carbons (Fsp3) is 0.367. The lowest BCUT2D eigenvalue weighted by atomic mass is 9.93. The lowest BCUT2D eigenvalue weighted by molar-refractivity contribution is -0.118. The number of carbonyl (C=O) groups is 1. The third-order valence-corrected chi connectivity index (χ3v) is 9.97. The van der Waals surface area contributed by atoms with Crippen LogP contribution in [0, 0.1) is 20.8 Å². The first-order valence-electron chi connectivity index (χ1n) is 12.8. The molecule has 0 bridgehead atoms. The second-order valence-electron chi connectivity index (χ2n) is 10.1. The van der Waals surface area contributed by atoms with Crippen molar-refractivity contribution in [2.45, 2.75) is 51.7 Å². The zero-order valence-corrected chi connectivity index (χ0v) is 23.6. The molecule has 4 unspecified atom stereocenters. The van der Waals surface area contributed by atoms with Gasteiger partial charge in [-0.15, -0.1) is 0 Å². The molecule has 3 rings (SSSR count). The van der Waals surface area contributed by atoms with Gasteiger partial charge in [-0.1, -0.05) is 66.7 Å². The van der Waals surface area contributed by atoms with Gasteiger partial charge in [0.05, 0.1) is 12.7 Å². The van der Waals surface area contributed by atoms with Crippen LogP contribution in [0.3, 0.4) is 0 Å². The van der Waals surface area contributed by atoms with Gasteiger partial charge in [-0.05, 0) is 50.1 Å². The van der Waals surface area contributed by atoms with Crippen LogP contribution in [0.2, 0.25) is 0 Å². The number of likely N-dealkylation sites (N-methyl/N-ethyl adjacent to an activating group) is 1. The minimum atomic E-state index is -3.72. The molecular weight excluding hydrogens is 517 g/mol. The van der Waals surface area contributed by atoms with Gasteiger partial charge in [-0.25, -0.2) is 0 Å². The van der Waals surface area contributed by atoms with Crippen molar-refractivity contribution in [3.8, 4) is 0 Å². The second-order valence-corrected chi connectivity index (χ2v) is 12.7. The van der Waals surface area contributed by atoms with E-state index in [4.69, 9.17) is 5.11 Å². The summed E-state index contributed by atoms with van der Waals surface area (Å²) in [5.41, 5.74) is 3.06. The van der Waals surface area contributed by atoms with E-state index in [0.717, 1.165) is 11.1 Å². The maximum absolute atomic E-state index is 14.7. The molecule has 5 N–H and O–H groups in total. The third-order valence-electron chi connectivity index (χ3n) is 7.12. The summed E-state index contributed by atoms with van der Waals surface area (Å²) in [6.07, 6.45) is -6.38. The van der Waals surface area contributed by atoms with Crippen molar-refractivity contribution in [2.24, 2.45) is 0 Å². The summed E-state index contributed by atoms with van der Waals surface area (Å²) in [5, 5.41) is 50.1. The number of aliphatic hydroxyl groups is 5. The monoisotopic (exact) mass is 555 g/mol. The molecule has 39 heavy (non-hydrogen) atoms. The smallest absolute Gasteiger partial charge is 0.230 e. The Hall–Kier alpha value is -2.68. The highest BCUT2D eigenvalue weighted by molar-refractivity contribution is 7.93. The molecular formula is C30H38NO7P. The minimum Gasteiger partial charge on any atom is -0.394 e. The minimum absolute atomic E-state index is 0.0566. The van der Waals surface area contributed by atoms with E-state index in [1.165, 1.54) is 0 Å². The average molecular weight is 556 g/mol. The van der Waals surface area contributed by atoms with Crippen molar-refractivity contribution < 1.29 is 34.9 Å². The lowest BCUT2D eigenvalue weighted by Crippen LogP contribution is -2.49. The Morgan fingerprint density at radius 2 is 1.31 bits per heavy atom. The number of hydrogen-bond acceptors (Lipinski definition) is 8. The topological polar surface area (TPSA) is 139 Å². The highest BCUT2D eigenvalue weighted by atomic mass is 31.2. The van der Waals surface area contributed by atoms with Gasteiger partial charge < -0.3 is 30.1 Å². The Bertz CT molecular complexity index is 1270. The van der Waals surface area contributed by atoms with E-state index in [2.05, 4.69) is 0 Å². The Morgan fingerprint density at radius 3 is 1.79 bits per heavy atom. The van der Waals surface area contributed by atoms with Crippen LogP contribution < -0.4 is 10.6 Å². The molecule has 9 heteroatoms. The van der Waals surface area contributed by atoms with E-state index in [-0.39, 0.29) is 6.54 Å². The molecule has 0 aliphatic rings. The first-order chi connectivity index (χ1) is 18.4. The van der Waals surface area contributed by atoms with Crippen LogP contribution in [-0.4, -0.2) is 80.6 Å². The first-order valence-corrected chi connectivity index (χ1v) is 14.5. The Balaban J connectivity index is 1.98. The van der Waals surface area contributed by atoms with Crippen molar-refractivity contribution in [3.05, 3.63) is 94.5 Å². The predicted molar refractivity (Wildman–Crippen MR) is 152 cm³/mol. The predicted octanol–water partition coefficient (Wildman–Crippen LogP) is 1.63. The molecule has 3 aromatic carbocycles. The SMILES string of the molecule is Cc1cc(C)c(C(=O)P(=O)(c2ccccc2)c2ccccc2)c(C)c1CN(C)CC(O)C(O)C(O)C(O)CO. The van der Waals surface area contributed by atoms with Crippen LogP contribution in [0.5, 0.6) is 0 Å². The Morgan fingerprint density at radius 1 is 0.821 bits per heavy atom. The molecule has 210 valence electrons. The van der Waals surface area contributed by atoms with Crippen molar-refractivity contribution in [2.75, 3.05) is 20.2 Å². The molecule has 0 saturated carbocycles. The maximum Gasteiger partial charge on any atom is 0.230 e. The molecule has 0 aliphatic carbocycles. The van der Waals surface area contributed by atoms with Gasteiger partial charge in [0.15, 0.2) is 0 Å². The van der Waals surface area contributed by atoms with E-state index in [1.807, 2.05) is 39.0 Å². The fourth-order valence-electron chi connectivity index (χ4n) is 4.94. The molecule has 0 aromatic heterocycles. The van der Waals surface area contributed by atoms with Gasteiger partial charge in [-0.3, -0.25) is 9.69 Å². The van der Waals surface area contributed by atoms with E-state index in [0.29, 0.717) is 33.8 Å². The zero-order chi connectivity index (χ0) is 28.9. The second kappa shape index (κ2) is 13.1. The van der Waals surface area contributed by atoms with E-state index in [9.17, 15) is 29.8 Å². The van der Waals surface area contributed by atoms with Crippen molar-refractivity contribution >= 4 is 23.3 Å². The number of aryl methyl sites for hydroxylation is 2. The fourth-order valence-corrected chi connectivity index (χ4v) is 7.55. The number of benzene rings is 3. The van der Waals surface area contributed by atoms with Crippen LogP contribution >= 0.6 is 7.14 Å². The summed E-state index contributed by atoms with van der Waals surface area (Å²) in [6.45, 7) is 5.05. The molecule has 0 saturated heterocycles. The van der Waals surface area contributed by atoms with E-state index in [1.54, 1.807) is 60.5 Å². The summed E-state index contributed by atoms with van der Waals surface area (Å²) in [5.74, 6) is 0. The van der Waals surface area contributed by atoms with Crippen LogP contribution in [0.1, 0.15) is 32.6 Å². The lowest BCUT2D eigenvalue weighted by Gasteiger charge is -2.29. The highest BCUT2D eigenvalue weighted by Crippen LogP contribution is 2.48. The summed E-state index contributed by atoms with van der Waals surface area (Å²) >= 11 is 0. The number of nitrogens with zero attached hydrogens (tertiary/aromatic N) is 1. The molecule has 0 fully saturated rings. The normalized spacial score (nSPS) is 15.1. The van der Waals surface area contributed by atoms with Gasteiger partial charge in [0.2, 0.25) is 12.7 Å². The van der Waals surface area contributed by atoms with Gasteiger partial charge in [0.25, 0.3) is 0 Å². The van der Waals surface area contributed by atoms with E-state index < -0.39 is 43.7 Å². The molecule has 0 aliphatic heterocycles. The van der Waals surface area contributed by atoms with Gasteiger partial charge in [-0.2, -0.15) is 0 Å². The average Bonchev–Trinajstić information content (AvgIpc) is 2.94. The van der Waals surface area contributed by atoms with Crippen LogP contribution in [0.25, 0.3) is 0 Å². The maximum atomic E-state index is 14.7. The van der Waals surface area contributed by atoms with Gasteiger partial charge in [0.1, 0.15) is 18.3 Å². The van der Waals surface area contributed by atoms with Crippen molar-refractivity contribution in [1.82, 2.24) is 4.90 Å². The van der Waals surface area contributed by atoms with Gasteiger partial charge >= 0.3 is 0 Å². The Labute approximate surface area is 229 Å². The summed E-state index contributed by atoms with van der Waals surface area (Å²) < 4.78 is 14.7. The molecule has 0 radical (unpaired) electrons.